The van der Waals surface area contributed by atoms with Gasteiger partial charge in [-0.05, 0) is 60.4 Å². The molecular weight excluding hydrogens is 524 g/mol. The molecule has 0 saturated heterocycles. The number of anilines is 1. The zero-order valence-corrected chi connectivity index (χ0v) is 21.9. The minimum atomic E-state index is -0.502. The molecule has 8 nitrogen and oxygen atoms in total. The van der Waals surface area contributed by atoms with Crippen LogP contribution in [0.25, 0.3) is 55.8 Å². The van der Waals surface area contributed by atoms with Gasteiger partial charge in [-0.15, -0.1) is 0 Å². The van der Waals surface area contributed by atoms with Crippen LogP contribution in [-0.4, -0.2) is 36.0 Å². The third kappa shape index (κ3) is 4.71. The summed E-state index contributed by atoms with van der Waals surface area (Å²) in [6, 6.07) is 13.0. The number of fused-ring (bicyclic) bond motifs is 2. The number of halogens is 2. The molecule has 1 saturated carbocycles. The molecule has 4 heterocycles. The maximum atomic E-state index is 15.3. The molecule has 10 heteroatoms. The molecule has 1 aliphatic carbocycles. The van der Waals surface area contributed by atoms with Crippen molar-refractivity contribution in [3.8, 4) is 33.8 Å². The molecule has 0 atom stereocenters. The van der Waals surface area contributed by atoms with Crippen LogP contribution in [0.1, 0.15) is 32.1 Å². The van der Waals surface area contributed by atoms with Gasteiger partial charge in [0, 0.05) is 34.8 Å². The van der Waals surface area contributed by atoms with Gasteiger partial charge in [-0.25, -0.2) is 18.7 Å². The van der Waals surface area contributed by atoms with E-state index in [1.807, 2.05) is 12.1 Å². The van der Waals surface area contributed by atoms with Crippen LogP contribution < -0.4 is 5.32 Å². The van der Waals surface area contributed by atoms with Gasteiger partial charge in [-0.1, -0.05) is 31.4 Å². The number of carbonyl (C=O) groups is 1. The van der Waals surface area contributed by atoms with E-state index in [0.717, 1.165) is 36.8 Å². The molecule has 0 bridgehead atoms. The summed E-state index contributed by atoms with van der Waals surface area (Å²) in [6.45, 7) is 0. The minimum Gasteiger partial charge on any atom is -0.335 e. The fourth-order valence-electron chi connectivity index (χ4n) is 5.60. The first-order valence-electron chi connectivity index (χ1n) is 13.6. The van der Waals surface area contributed by atoms with Crippen molar-refractivity contribution in [1.29, 1.82) is 0 Å². The van der Waals surface area contributed by atoms with Crippen molar-refractivity contribution in [3.63, 3.8) is 0 Å². The topological polar surface area (TPSA) is 112 Å². The molecule has 2 aromatic carbocycles. The number of amides is 1. The Labute approximate surface area is 233 Å². The van der Waals surface area contributed by atoms with Crippen LogP contribution in [0.5, 0.6) is 0 Å². The quantitative estimate of drug-likeness (QED) is 0.214. The van der Waals surface area contributed by atoms with Gasteiger partial charge in [0.2, 0.25) is 5.91 Å². The minimum absolute atomic E-state index is 0.000838. The van der Waals surface area contributed by atoms with Gasteiger partial charge in [0.05, 0.1) is 17.4 Å². The van der Waals surface area contributed by atoms with Crippen LogP contribution in [0.15, 0.2) is 67.1 Å². The van der Waals surface area contributed by atoms with Gasteiger partial charge >= 0.3 is 0 Å². The molecule has 1 fully saturated rings. The van der Waals surface area contributed by atoms with Crippen molar-refractivity contribution in [2.75, 3.05) is 5.32 Å². The van der Waals surface area contributed by atoms with Crippen LogP contribution in [0.3, 0.4) is 0 Å². The normalized spacial score (nSPS) is 14.1. The number of hydrogen-bond acceptors (Lipinski definition) is 5. The predicted molar refractivity (Wildman–Crippen MR) is 153 cm³/mol. The average molecular weight is 550 g/mol. The lowest BCUT2D eigenvalue weighted by atomic mass is 9.88. The highest BCUT2D eigenvalue weighted by molar-refractivity contribution is 5.98. The smallest absolute Gasteiger partial charge is 0.227 e. The maximum absolute atomic E-state index is 15.3. The van der Waals surface area contributed by atoms with Crippen molar-refractivity contribution in [3.05, 3.63) is 78.8 Å². The van der Waals surface area contributed by atoms with E-state index in [-0.39, 0.29) is 23.2 Å². The molecule has 0 unspecified atom stereocenters. The highest BCUT2D eigenvalue weighted by Gasteiger charge is 2.22. The molecule has 6 aromatic rings. The lowest BCUT2D eigenvalue weighted by molar-refractivity contribution is -0.120. The van der Waals surface area contributed by atoms with Gasteiger partial charge in [0.1, 0.15) is 17.0 Å². The summed E-state index contributed by atoms with van der Waals surface area (Å²) in [5.41, 5.74) is 5.23. The Kier molecular flexibility index (Phi) is 6.22. The zero-order valence-electron chi connectivity index (χ0n) is 21.9. The van der Waals surface area contributed by atoms with Crippen molar-refractivity contribution >= 4 is 33.7 Å². The fraction of sp³-hybridized carbons (Fsp3) is 0.194. The van der Waals surface area contributed by atoms with Crippen molar-refractivity contribution in [2.45, 2.75) is 32.1 Å². The molecule has 0 aliphatic heterocycles. The third-order valence-corrected chi connectivity index (χ3v) is 7.71. The Morgan fingerprint density at radius 1 is 0.927 bits per heavy atom. The van der Waals surface area contributed by atoms with E-state index in [2.05, 4.69) is 35.5 Å². The van der Waals surface area contributed by atoms with E-state index in [4.69, 9.17) is 0 Å². The highest BCUT2D eigenvalue weighted by Crippen LogP contribution is 2.34. The number of H-pyrrole nitrogens is 2. The number of aromatic amines is 2. The predicted octanol–water partition coefficient (Wildman–Crippen LogP) is 7.03. The maximum Gasteiger partial charge on any atom is 0.227 e. The molecule has 3 N–H and O–H groups in total. The third-order valence-electron chi connectivity index (χ3n) is 7.71. The number of benzene rings is 2. The fourth-order valence-corrected chi connectivity index (χ4v) is 5.60. The first kappa shape index (κ1) is 25.0. The monoisotopic (exact) mass is 549 g/mol. The van der Waals surface area contributed by atoms with E-state index in [9.17, 15) is 9.18 Å². The summed E-state index contributed by atoms with van der Waals surface area (Å²) in [6.07, 6.45) is 9.97. The molecule has 204 valence electrons. The Bertz CT molecular complexity index is 1910. The lowest BCUT2D eigenvalue weighted by Gasteiger charge is -2.20. The van der Waals surface area contributed by atoms with Crippen LogP contribution in [0.2, 0.25) is 0 Å². The van der Waals surface area contributed by atoms with E-state index >= 15 is 4.39 Å². The summed E-state index contributed by atoms with van der Waals surface area (Å²) in [4.78, 5) is 29.4. The molecule has 0 radical (unpaired) electrons. The molecular formula is C31H25F2N7O. The summed E-state index contributed by atoms with van der Waals surface area (Å²) >= 11 is 0. The Morgan fingerprint density at radius 2 is 1.76 bits per heavy atom. The van der Waals surface area contributed by atoms with E-state index < -0.39 is 5.82 Å². The molecule has 1 aliphatic rings. The second-order valence-corrected chi connectivity index (χ2v) is 10.4. The van der Waals surface area contributed by atoms with Crippen molar-refractivity contribution < 1.29 is 13.6 Å². The number of imidazole rings is 1. The van der Waals surface area contributed by atoms with Crippen LogP contribution in [0, 0.1) is 17.6 Å². The van der Waals surface area contributed by atoms with Gasteiger partial charge in [0.15, 0.2) is 17.3 Å². The lowest BCUT2D eigenvalue weighted by Crippen LogP contribution is -2.24. The number of hydrogen-bond donors (Lipinski definition) is 3. The summed E-state index contributed by atoms with van der Waals surface area (Å²) in [5.74, 6) is -0.374. The number of nitrogens with one attached hydrogen (secondary N) is 3. The van der Waals surface area contributed by atoms with Crippen molar-refractivity contribution in [1.82, 2.24) is 30.1 Å². The van der Waals surface area contributed by atoms with Gasteiger partial charge in [-0.2, -0.15) is 5.10 Å². The molecule has 4 aromatic heterocycles. The van der Waals surface area contributed by atoms with Crippen molar-refractivity contribution in [2.24, 2.45) is 5.92 Å². The SMILES string of the molecule is O=C(Nc1cncc(-c2cc(F)c3n[nH]c(-c4nc5nccc(-c6ccc(F)cc6)c5[nH]4)c3c2)c1)C1CCCCC1. The molecule has 1 amide bonds. The molecule has 7 rings (SSSR count). The van der Waals surface area contributed by atoms with E-state index in [1.165, 1.54) is 24.6 Å². The van der Waals surface area contributed by atoms with Gasteiger partial charge in [0.25, 0.3) is 0 Å². The Morgan fingerprint density at radius 3 is 2.59 bits per heavy atom. The largest absolute Gasteiger partial charge is 0.335 e. The average Bonchev–Trinajstić information content (AvgIpc) is 3.63. The zero-order chi connectivity index (χ0) is 27.9. The Balaban J connectivity index is 1.25. The van der Waals surface area contributed by atoms with Crippen LogP contribution >= 0.6 is 0 Å². The van der Waals surface area contributed by atoms with Gasteiger partial charge in [-0.3, -0.25) is 14.9 Å². The van der Waals surface area contributed by atoms with Crippen LogP contribution in [0.4, 0.5) is 14.5 Å². The number of aromatic nitrogens is 6. The number of carbonyl (C=O) groups excluding carboxylic acids is 1. The first-order valence-corrected chi connectivity index (χ1v) is 13.6. The van der Waals surface area contributed by atoms with E-state index in [0.29, 0.717) is 44.9 Å². The second-order valence-electron chi connectivity index (χ2n) is 10.4. The summed E-state index contributed by atoms with van der Waals surface area (Å²) in [5, 5.41) is 10.6. The summed E-state index contributed by atoms with van der Waals surface area (Å²) < 4.78 is 28.8. The van der Waals surface area contributed by atoms with Gasteiger partial charge < -0.3 is 10.3 Å². The standard InChI is InChI=1S/C31H25F2N7O/c32-21-8-6-17(7-9-21)23-10-11-35-29-27(23)37-30(38-29)28-24-13-19(14-25(33)26(24)39-40-28)20-12-22(16-34-15-20)36-31(41)18-4-2-1-3-5-18/h6-16,18H,1-5H2,(H,36,41)(H,39,40)(H,35,37,38). The van der Waals surface area contributed by atoms with Crippen LogP contribution in [-0.2, 0) is 4.79 Å². The molecule has 0 spiro atoms. The van der Waals surface area contributed by atoms with E-state index in [1.54, 1.807) is 36.8 Å². The number of rotatable bonds is 5. The Hall–Kier alpha value is -4.99. The number of pyridine rings is 2. The second kappa shape index (κ2) is 10.2. The first-order chi connectivity index (χ1) is 20.0. The summed E-state index contributed by atoms with van der Waals surface area (Å²) in [7, 11) is 0. The highest BCUT2D eigenvalue weighted by atomic mass is 19.1. The number of nitrogens with zero attached hydrogens (tertiary/aromatic N) is 4. The molecule has 41 heavy (non-hydrogen) atoms.